The normalized spacial score (nSPS) is 13.7. The van der Waals surface area contributed by atoms with Gasteiger partial charge in [-0.3, -0.25) is 9.59 Å². The van der Waals surface area contributed by atoms with Gasteiger partial charge in [0.25, 0.3) is 11.8 Å². The summed E-state index contributed by atoms with van der Waals surface area (Å²) in [4.78, 5) is 28.1. The Kier molecular flexibility index (Phi) is 5.72. The number of hydrogen-bond donors (Lipinski definition) is 1. The summed E-state index contributed by atoms with van der Waals surface area (Å²) >= 11 is 6.14. The molecule has 1 aliphatic heterocycles. The quantitative estimate of drug-likeness (QED) is 0.521. The van der Waals surface area contributed by atoms with Crippen molar-refractivity contribution in [3.63, 3.8) is 0 Å². The van der Waals surface area contributed by atoms with Gasteiger partial charge in [-0.2, -0.15) is 0 Å². The Labute approximate surface area is 190 Å². The molecule has 1 aliphatic rings. The summed E-state index contributed by atoms with van der Waals surface area (Å²) in [6.45, 7) is 3.94. The first-order chi connectivity index (χ1) is 15.3. The van der Waals surface area contributed by atoms with Crippen molar-refractivity contribution in [3.8, 4) is 5.75 Å². The lowest BCUT2D eigenvalue weighted by Crippen LogP contribution is -2.32. The van der Waals surface area contributed by atoms with E-state index in [-0.39, 0.29) is 17.0 Å². The number of benzene rings is 3. The smallest absolute Gasteiger partial charge is 0.282 e. The highest BCUT2D eigenvalue weighted by molar-refractivity contribution is 6.46. The van der Waals surface area contributed by atoms with Gasteiger partial charge in [-0.1, -0.05) is 29.8 Å². The van der Waals surface area contributed by atoms with E-state index in [0.29, 0.717) is 22.0 Å². The van der Waals surface area contributed by atoms with E-state index in [4.69, 9.17) is 16.3 Å². The Bertz CT molecular complexity index is 1270. The third-order valence-corrected chi connectivity index (χ3v) is 5.61. The molecule has 0 unspecified atom stereocenters. The minimum absolute atomic E-state index is 0.0897. The lowest BCUT2D eigenvalue weighted by atomic mass is 10.0. The Morgan fingerprint density at radius 1 is 0.906 bits per heavy atom. The van der Waals surface area contributed by atoms with Gasteiger partial charge >= 0.3 is 0 Å². The average molecular weight is 451 g/mol. The fraction of sp³-hybridized carbons (Fsp3) is 0.120. The van der Waals surface area contributed by atoms with Gasteiger partial charge in [-0.05, 0) is 73.0 Å². The molecular formula is C25H20ClFN2O3. The van der Waals surface area contributed by atoms with Gasteiger partial charge in [0.1, 0.15) is 17.3 Å². The number of carbonyl (C=O) groups excluding carboxylic acids is 2. The van der Waals surface area contributed by atoms with Gasteiger partial charge in [0, 0.05) is 10.7 Å². The van der Waals surface area contributed by atoms with Crippen molar-refractivity contribution in [1.82, 2.24) is 0 Å². The van der Waals surface area contributed by atoms with Crippen molar-refractivity contribution >= 4 is 40.4 Å². The van der Waals surface area contributed by atoms with Crippen LogP contribution in [0.3, 0.4) is 0 Å². The van der Waals surface area contributed by atoms with Gasteiger partial charge in [0.05, 0.1) is 18.4 Å². The van der Waals surface area contributed by atoms with E-state index >= 15 is 0 Å². The van der Waals surface area contributed by atoms with Crippen LogP contribution in [0.5, 0.6) is 5.75 Å². The van der Waals surface area contributed by atoms with Crippen LogP contribution >= 0.6 is 11.6 Å². The fourth-order valence-electron chi connectivity index (χ4n) is 3.55. The Morgan fingerprint density at radius 3 is 2.28 bits per heavy atom. The highest BCUT2D eigenvalue weighted by atomic mass is 35.5. The first-order valence-electron chi connectivity index (χ1n) is 9.87. The van der Waals surface area contributed by atoms with Gasteiger partial charge < -0.3 is 10.1 Å². The van der Waals surface area contributed by atoms with Crippen LogP contribution in [0.1, 0.15) is 16.7 Å². The van der Waals surface area contributed by atoms with Crippen LogP contribution in [-0.4, -0.2) is 18.9 Å². The number of carbonyl (C=O) groups is 2. The highest BCUT2D eigenvalue weighted by Crippen LogP contribution is 2.39. The SMILES string of the molecule is COc1ccc(Cl)cc1N1C(=O)C(Nc2ccc(C)c(C)c2)=C(c2ccc(F)cc2)C1=O. The first kappa shape index (κ1) is 21.6. The maximum atomic E-state index is 13.5. The van der Waals surface area contributed by atoms with Crippen LogP contribution < -0.4 is 15.0 Å². The third-order valence-electron chi connectivity index (χ3n) is 5.37. The molecule has 0 atom stereocenters. The number of rotatable bonds is 5. The topological polar surface area (TPSA) is 58.6 Å². The Balaban J connectivity index is 1.86. The number of hydrogen-bond acceptors (Lipinski definition) is 4. The van der Waals surface area contributed by atoms with Crippen molar-refractivity contribution in [1.29, 1.82) is 0 Å². The van der Waals surface area contributed by atoms with Gasteiger partial charge in [0.2, 0.25) is 0 Å². The highest BCUT2D eigenvalue weighted by Gasteiger charge is 2.41. The summed E-state index contributed by atoms with van der Waals surface area (Å²) in [6.07, 6.45) is 0. The zero-order valence-electron chi connectivity index (χ0n) is 17.7. The lowest BCUT2D eigenvalue weighted by Gasteiger charge is -2.18. The molecule has 1 N–H and O–H groups in total. The van der Waals surface area contributed by atoms with Crippen LogP contribution in [0.15, 0.2) is 66.4 Å². The van der Waals surface area contributed by atoms with E-state index in [1.54, 1.807) is 12.1 Å². The van der Waals surface area contributed by atoms with Crippen molar-refractivity contribution in [3.05, 3.63) is 93.9 Å². The number of halogens is 2. The second-order valence-corrected chi connectivity index (χ2v) is 7.88. The second kappa shape index (κ2) is 8.48. The molecule has 0 aliphatic carbocycles. The molecule has 0 aromatic heterocycles. The molecule has 32 heavy (non-hydrogen) atoms. The Morgan fingerprint density at radius 2 is 1.62 bits per heavy atom. The predicted molar refractivity (Wildman–Crippen MR) is 123 cm³/mol. The Hall–Kier alpha value is -3.64. The number of imide groups is 1. The lowest BCUT2D eigenvalue weighted by molar-refractivity contribution is -0.120. The molecule has 5 nitrogen and oxygen atoms in total. The second-order valence-electron chi connectivity index (χ2n) is 7.44. The standard InChI is InChI=1S/C25H20ClFN2O3/c1-14-4-10-19(12-15(14)2)28-23-22(16-5-8-18(27)9-6-16)24(30)29(25(23)31)20-13-17(26)7-11-21(20)32-3/h4-13,28H,1-3H3. The molecule has 0 saturated heterocycles. The number of aryl methyl sites for hydroxylation is 2. The first-order valence-corrected chi connectivity index (χ1v) is 10.2. The van der Waals surface area contributed by atoms with Gasteiger partial charge in [-0.25, -0.2) is 9.29 Å². The van der Waals surface area contributed by atoms with Crippen LogP contribution in [0.2, 0.25) is 5.02 Å². The predicted octanol–water partition coefficient (Wildman–Crippen LogP) is 5.50. The number of methoxy groups -OCH3 is 1. The van der Waals surface area contributed by atoms with Crippen LogP contribution in [0.4, 0.5) is 15.8 Å². The summed E-state index contributed by atoms with van der Waals surface area (Å²) in [5, 5.41) is 3.45. The van der Waals surface area contributed by atoms with E-state index in [1.165, 1.54) is 37.4 Å². The molecule has 1 heterocycles. The van der Waals surface area contributed by atoms with E-state index < -0.39 is 17.6 Å². The van der Waals surface area contributed by atoms with E-state index in [0.717, 1.165) is 16.0 Å². The van der Waals surface area contributed by atoms with Crippen molar-refractivity contribution in [2.75, 3.05) is 17.3 Å². The number of nitrogens with zero attached hydrogens (tertiary/aromatic N) is 1. The number of anilines is 2. The summed E-state index contributed by atoms with van der Waals surface area (Å²) in [7, 11) is 1.44. The monoisotopic (exact) mass is 450 g/mol. The summed E-state index contributed by atoms with van der Waals surface area (Å²) < 4.78 is 18.9. The van der Waals surface area contributed by atoms with Gasteiger partial charge in [-0.15, -0.1) is 0 Å². The molecule has 7 heteroatoms. The minimum Gasteiger partial charge on any atom is -0.495 e. The van der Waals surface area contributed by atoms with E-state index in [9.17, 15) is 14.0 Å². The fourth-order valence-corrected chi connectivity index (χ4v) is 3.72. The summed E-state index contributed by atoms with van der Waals surface area (Å²) in [6, 6.07) is 15.8. The molecular weight excluding hydrogens is 431 g/mol. The van der Waals surface area contributed by atoms with E-state index in [1.807, 2.05) is 32.0 Å². The van der Waals surface area contributed by atoms with Crippen LogP contribution in [-0.2, 0) is 9.59 Å². The molecule has 0 spiro atoms. The average Bonchev–Trinajstić information content (AvgIpc) is 3.00. The zero-order chi connectivity index (χ0) is 23.0. The molecule has 3 aromatic rings. The van der Waals surface area contributed by atoms with Crippen molar-refractivity contribution in [2.45, 2.75) is 13.8 Å². The van der Waals surface area contributed by atoms with Crippen molar-refractivity contribution in [2.24, 2.45) is 0 Å². The molecule has 2 amide bonds. The summed E-state index contributed by atoms with van der Waals surface area (Å²) in [5.74, 6) is -1.24. The minimum atomic E-state index is -0.562. The third kappa shape index (κ3) is 3.85. The molecule has 0 saturated carbocycles. The number of nitrogens with one attached hydrogen (secondary N) is 1. The number of ether oxygens (including phenoxy) is 1. The number of amides is 2. The molecule has 0 radical (unpaired) electrons. The zero-order valence-corrected chi connectivity index (χ0v) is 18.5. The molecule has 3 aromatic carbocycles. The maximum Gasteiger partial charge on any atom is 0.282 e. The molecule has 0 bridgehead atoms. The summed E-state index contributed by atoms with van der Waals surface area (Å²) in [5.41, 5.74) is 3.66. The van der Waals surface area contributed by atoms with Crippen molar-refractivity contribution < 1.29 is 18.7 Å². The molecule has 162 valence electrons. The van der Waals surface area contributed by atoms with Crippen LogP contribution in [0.25, 0.3) is 5.57 Å². The molecule has 0 fully saturated rings. The van der Waals surface area contributed by atoms with E-state index in [2.05, 4.69) is 5.32 Å². The maximum absolute atomic E-state index is 13.5. The largest absolute Gasteiger partial charge is 0.495 e. The van der Waals surface area contributed by atoms with Crippen LogP contribution in [0, 0.1) is 19.7 Å². The molecule has 4 rings (SSSR count). The van der Waals surface area contributed by atoms with Gasteiger partial charge in [0.15, 0.2) is 0 Å².